The molecule has 2 aromatic carbocycles. The van der Waals surface area contributed by atoms with Gasteiger partial charge in [-0.25, -0.2) is 9.97 Å². The summed E-state index contributed by atoms with van der Waals surface area (Å²) in [5.41, 5.74) is 4.51. The van der Waals surface area contributed by atoms with Crippen LogP contribution in [0.2, 0.25) is 0 Å². The minimum absolute atomic E-state index is 0.0919. The number of rotatable bonds is 5. The first-order chi connectivity index (χ1) is 14.7. The number of amides is 1. The van der Waals surface area contributed by atoms with Crippen molar-refractivity contribution in [2.45, 2.75) is 6.42 Å². The Labute approximate surface area is 181 Å². The highest BCUT2D eigenvalue weighted by Crippen LogP contribution is 2.30. The lowest BCUT2D eigenvalue weighted by molar-refractivity contribution is -0.115. The molecule has 30 heavy (non-hydrogen) atoms. The van der Waals surface area contributed by atoms with E-state index in [9.17, 15) is 4.79 Å². The Morgan fingerprint density at radius 2 is 1.77 bits per heavy atom. The SMILES string of the molecule is O=C(Cc1csc(-c2cccnc2)n1)Nc1ccc(-c2nc3ccccc3s2)cc1. The molecule has 3 heterocycles. The van der Waals surface area contributed by atoms with Crippen LogP contribution < -0.4 is 5.32 Å². The highest BCUT2D eigenvalue weighted by Gasteiger charge is 2.10. The molecule has 0 aliphatic heterocycles. The standard InChI is InChI=1S/C23H16N4OS2/c28-21(12-18-14-29-22(26-18)16-4-3-11-24-13-16)25-17-9-7-15(8-10-17)23-27-19-5-1-2-6-20(19)30-23/h1-11,13-14H,12H2,(H,25,28). The Hall–Kier alpha value is -3.42. The van der Waals surface area contributed by atoms with Crippen LogP contribution >= 0.6 is 22.7 Å². The Kier molecular flexibility index (Phi) is 5.04. The topological polar surface area (TPSA) is 67.8 Å². The van der Waals surface area contributed by atoms with E-state index in [1.165, 1.54) is 16.0 Å². The molecule has 0 fully saturated rings. The summed E-state index contributed by atoms with van der Waals surface area (Å²) in [6, 6.07) is 19.7. The Balaban J connectivity index is 1.25. The number of fused-ring (bicyclic) bond motifs is 1. The number of para-hydroxylation sites is 1. The molecule has 7 heteroatoms. The van der Waals surface area contributed by atoms with E-state index in [1.54, 1.807) is 23.7 Å². The fourth-order valence-electron chi connectivity index (χ4n) is 3.07. The van der Waals surface area contributed by atoms with Crippen LogP contribution in [0.4, 0.5) is 5.69 Å². The highest BCUT2D eigenvalue weighted by atomic mass is 32.1. The molecular weight excluding hydrogens is 412 g/mol. The van der Waals surface area contributed by atoms with E-state index in [0.29, 0.717) is 0 Å². The van der Waals surface area contributed by atoms with Gasteiger partial charge in [-0.3, -0.25) is 9.78 Å². The van der Waals surface area contributed by atoms with Gasteiger partial charge in [0, 0.05) is 34.6 Å². The van der Waals surface area contributed by atoms with Gasteiger partial charge in [-0.15, -0.1) is 22.7 Å². The van der Waals surface area contributed by atoms with Crippen LogP contribution in [0.15, 0.2) is 78.4 Å². The first kappa shape index (κ1) is 18.6. The molecule has 1 N–H and O–H groups in total. The number of hydrogen-bond donors (Lipinski definition) is 1. The summed E-state index contributed by atoms with van der Waals surface area (Å²) in [7, 11) is 0. The molecule has 3 aromatic heterocycles. The third-order valence-electron chi connectivity index (χ3n) is 4.51. The van der Waals surface area contributed by atoms with E-state index in [4.69, 9.17) is 0 Å². The molecule has 0 aliphatic rings. The van der Waals surface area contributed by atoms with E-state index < -0.39 is 0 Å². The number of benzene rings is 2. The Morgan fingerprint density at radius 1 is 0.900 bits per heavy atom. The van der Waals surface area contributed by atoms with Gasteiger partial charge in [-0.2, -0.15) is 0 Å². The first-order valence-corrected chi connectivity index (χ1v) is 11.0. The van der Waals surface area contributed by atoms with Crippen molar-refractivity contribution in [2.24, 2.45) is 0 Å². The predicted molar refractivity (Wildman–Crippen MR) is 123 cm³/mol. The second-order valence-corrected chi connectivity index (χ2v) is 8.56. The monoisotopic (exact) mass is 428 g/mol. The minimum Gasteiger partial charge on any atom is -0.326 e. The summed E-state index contributed by atoms with van der Waals surface area (Å²) in [6.07, 6.45) is 3.74. The van der Waals surface area contributed by atoms with Crippen molar-refractivity contribution < 1.29 is 4.79 Å². The van der Waals surface area contributed by atoms with Gasteiger partial charge >= 0.3 is 0 Å². The van der Waals surface area contributed by atoms with Crippen molar-refractivity contribution in [1.82, 2.24) is 15.0 Å². The maximum atomic E-state index is 12.4. The van der Waals surface area contributed by atoms with Gasteiger partial charge in [-0.1, -0.05) is 12.1 Å². The van der Waals surface area contributed by atoms with Crippen LogP contribution in [-0.4, -0.2) is 20.9 Å². The predicted octanol–water partition coefficient (Wildman–Crippen LogP) is 5.66. The third kappa shape index (κ3) is 3.98. The van der Waals surface area contributed by atoms with Crippen molar-refractivity contribution in [3.8, 4) is 21.1 Å². The van der Waals surface area contributed by atoms with Gasteiger partial charge in [0.05, 0.1) is 22.3 Å². The fourth-order valence-corrected chi connectivity index (χ4v) is 4.85. The van der Waals surface area contributed by atoms with E-state index >= 15 is 0 Å². The lowest BCUT2D eigenvalue weighted by Crippen LogP contribution is -2.14. The summed E-state index contributed by atoms with van der Waals surface area (Å²) in [4.78, 5) is 25.8. The van der Waals surface area contributed by atoms with Crippen molar-refractivity contribution in [3.05, 3.63) is 84.1 Å². The van der Waals surface area contributed by atoms with E-state index in [-0.39, 0.29) is 12.3 Å². The molecule has 0 radical (unpaired) electrons. The molecule has 0 saturated heterocycles. The number of anilines is 1. The number of nitrogens with zero attached hydrogens (tertiary/aromatic N) is 3. The normalized spacial score (nSPS) is 10.9. The van der Waals surface area contributed by atoms with Crippen molar-refractivity contribution >= 4 is 44.5 Å². The van der Waals surface area contributed by atoms with E-state index in [2.05, 4.69) is 26.3 Å². The maximum Gasteiger partial charge on any atom is 0.230 e. The molecule has 5 aromatic rings. The molecule has 1 amide bonds. The molecule has 0 bridgehead atoms. The van der Waals surface area contributed by atoms with Gasteiger partial charge in [0.15, 0.2) is 0 Å². The number of carbonyl (C=O) groups excluding carboxylic acids is 1. The second-order valence-electron chi connectivity index (χ2n) is 6.67. The molecule has 5 rings (SSSR count). The first-order valence-electron chi connectivity index (χ1n) is 9.35. The smallest absolute Gasteiger partial charge is 0.230 e. The van der Waals surface area contributed by atoms with Crippen molar-refractivity contribution in [1.29, 1.82) is 0 Å². The zero-order chi connectivity index (χ0) is 20.3. The quantitative estimate of drug-likeness (QED) is 0.392. The molecule has 0 aliphatic carbocycles. The lowest BCUT2D eigenvalue weighted by atomic mass is 10.2. The molecule has 146 valence electrons. The number of nitrogens with one attached hydrogen (secondary N) is 1. The average molecular weight is 429 g/mol. The number of thiazole rings is 2. The molecule has 0 spiro atoms. The minimum atomic E-state index is -0.0919. The number of hydrogen-bond acceptors (Lipinski definition) is 6. The summed E-state index contributed by atoms with van der Waals surface area (Å²) < 4.78 is 1.17. The van der Waals surface area contributed by atoms with Gasteiger partial charge in [0.25, 0.3) is 0 Å². The van der Waals surface area contributed by atoms with Crippen LogP contribution in [0.1, 0.15) is 5.69 Å². The van der Waals surface area contributed by atoms with Gasteiger partial charge in [-0.05, 0) is 48.5 Å². The molecular formula is C23H16N4OS2. The van der Waals surface area contributed by atoms with E-state index in [0.717, 1.165) is 38.0 Å². The molecule has 5 nitrogen and oxygen atoms in total. The average Bonchev–Trinajstić information content (AvgIpc) is 3.42. The third-order valence-corrected chi connectivity index (χ3v) is 6.54. The van der Waals surface area contributed by atoms with Gasteiger partial charge in [0.1, 0.15) is 10.0 Å². The zero-order valence-corrected chi connectivity index (χ0v) is 17.4. The Bertz CT molecular complexity index is 1280. The zero-order valence-electron chi connectivity index (χ0n) is 15.8. The van der Waals surface area contributed by atoms with Crippen LogP contribution in [0.25, 0.3) is 31.4 Å². The maximum absolute atomic E-state index is 12.4. The highest BCUT2D eigenvalue weighted by molar-refractivity contribution is 7.21. The van der Waals surface area contributed by atoms with Crippen LogP contribution in [0.5, 0.6) is 0 Å². The summed E-state index contributed by atoms with van der Waals surface area (Å²) in [5.74, 6) is -0.0919. The van der Waals surface area contributed by atoms with Gasteiger partial charge < -0.3 is 5.32 Å². The van der Waals surface area contributed by atoms with Crippen molar-refractivity contribution in [3.63, 3.8) is 0 Å². The molecule has 0 atom stereocenters. The van der Waals surface area contributed by atoms with Crippen molar-refractivity contribution in [2.75, 3.05) is 5.32 Å². The summed E-state index contributed by atoms with van der Waals surface area (Å²) in [6.45, 7) is 0. The van der Waals surface area contributed by atoms with Crippen LogP contribution in [-0.2, 0) is 11.2 Å². The van der Waals surface area contributed by atoms with Gasteiger partial charge in [0.2, 0.25) is 5.91 Å². The van der Waals surface area contributed by atoms with E-state index in [1.807, 2.05) is 60.0 Å². The summed E-state index contributed by atoms with van der Waals surface area (Å²) >= 11 is 3.18. The van der Waals surface area contributed by atoms with Crippen LogP contribution in [0, 0.1) is 0 Å². The Morgan fingerprint density at radius 3 is 2.57 bits per heavy atom. The largest absolute Gasteiger partial charge is 0.326 e. The number of pyridine rings is 1. The van der Waals surface area contributed by atoms with Crippen LogP contribution in [0.3, 0.4) is 0 Å². The molecule has 0 saturated carbocycles. The molecule has 0 unspecified atom stereocenters. The summed E-state index contributed by atoms with van der Waals surface area (Å²) in [5, 5.41) is 6.69. The second kappa shape index (κ2) is 8.14. The number of carbonyl (C=O) groups is 1. The number of aromatic nitrogens is 3. The fraction of sp³-hybridized carbons (Fsp3) is 0.0435. The lowest BCUT2D eigenvalue weighted by Gasteiger charge is -2.05.